The molecule has 0 aliphatic carbocycles. The molecule has 0 saturated heterocycles. The number of nitrogens with one attached hydrogen (secondary N) is 2. The highest BCUT2D eigenvalue weighted by atomic mass is 19.1. The number of rotatable bonds is 1. The summed E-state index contributed by atoms with van der Waals surface area (Å²) in [5, 5.41) is 0. The van der Waals surface area contributed by atoms with Crippen molar-refractivity contribution in [3.05, 3.63) is 56.7 Å². The molecular weight excluding hydrogens is 251 g/mol. The van der Waals surface area contributed by atoms with Crippen molar-refractivity contribution in [3.8, 4) is 5.69 Å². The highest BCUT2D eigenvalue weighted by Crippen LogP contribution is 2.11. The van der Waals surface area contributed by atoms with Gasteiger partial charge in [0.15, 0.2) is 11.2 Å². The molecule has 2 heterocycles. The van der Waals surface area contributed by atoms with E-state index in [1.807, 2.05) is 0 Å². The molecule has 0 aliphatic rings. The summed E-state index contributed by atoms with van der Waals surface area (Å²) in [6, 6.07) is 5.28. The summed E-state index contributed by atoms with van der Waals surface area (Å²) in [6.45, 7) is 1.62. The zero-order chi connectivity index (χ0) is 13.6. The van der Waals surface area contributed by atoms with Gasteiger partial charge in [0.1, 0.15) is 11.6 Å². The van der Waals surface area contributed by atoms with Gasteiger partial charge in [-0.1, -0.05) is 0 Å². The molecule has 7 heteroatoms. The Morgan fingerprint density at radius 1 is 1.16 bits per heavy atom. The molecule has 0 fully saturated rings. The first-order chi connectivity index (χ1) is 9.06. The van der Waals surface area contributed by atoms with Crippen molar-refractivity contribution < 1.29 is 4.39 Å². The van der Waals surface area contributed by atoms with Crippen molar-refractivity contribution in [3.63, 3.8) is 0 Å². The van der Waals surface area contributed by atoms with Gasteiger partial charge in [0.25, 0.3) is 5.56 Å². The molecule has 0 saturated carbocycles. The van der Waals surface area contributed by atoms with Crippen LogP contribution in [0.4, 0.5) is 4.39 Å². The standard InChI is InChI=1S/C12H9FN4O2/c1-6-14-10-9(11(18)15-6)17(12(19)16-10)8-4-2-7(13)3-5-8/h2-5H,1H3,(H2,14,15,16,18,19). The van der Waals surface area contributed by atoms with E-state index in [4.69, 9.17) is 0 Å². The van der Waals surface area contributed by atoms with Crippen LogP contribution in [0.1, 0.15) is 5.82 Å². The highest BCUT2D eigenvalue weighted by molar-refractivity contribution is 5.72. The molecule has 0 amide bonds. The van der Waals surface area contributed by atoms with Gasteiger partial charge in [0, 0.05) is 0 Å². The number of hydrogen-bond donors (Lipinski definition) is 2. The number of aromatic amines is 2. The number of H-pyrrole nitrogens is 2. The maximum absolute atomic E-state index is 12.9. The molecule has 0 bridgehead atoms. The second-order valence-corrected chi connectivity index (χ2v) is 4.09. The second-order valence-electron chi connectivity index (χ2n) is 4.09. The van der Waals surface area contributed by atoms with Gasteiger partial charge < -0.3 is 4.98 Å². The van der Waals surface area contributed by atoms with Crippen LogP contribution in [-0.2, 0) is 0 Å². The van der Waals surface area contributed by atoms with Gasteiger partial charge in [-0.05, 0) is 31.2 Å². The van der Waals surface area contributed by atoms with E-state index in [0.29, 0.717) is 11.5 Å². The average molecular weight is 260 g/mol. The Morgan fingerprint density at radius 2 is 1.84 bits per heavy atom. The van der Waals surface area contributed by atoms with Crippen LogP contribution >= 0.6 is 0 Å². The van der Waals surface area contributed by atoms with Crippen molar-refractivity contribution in [2.24, 2.45) is 0 Å². The van der Waals surface area contributed by atoms with Crippen molar-refractivity contribution in [1.29, 1.82) is 0 Å². The molecule has 3 aromatic rings. The number of benzene rings is 1. The topological polar surface area (TPSA) is 83.5 Å². The van der Waals surface area contributed by atoms with Gasteiger partial charge in [0.05, 0.1) is 5.69 Å². The molecule has 96 valence electrons. The molecule has 6 nitrogen and oxygen atoms in total. The molecule has 0 radical (unpaired) electrons. The van der Waals surface area contributed by atoms with E-state index < -0.39 is 17.1 Å². The molecule has 0 aliphatic heterocycles. The largest absolute Gasteiger partial charge is 0.332 e. The highest BCUT2D eigenvalue weighted by Gasteiger charge is 2.13. The van der Waals surface area contributed by atoms with E-state index in [2.05, 4.69) is 15.0 Å². The SMILES string of the molecule is Cc1nc2[nH]c(=O)n(-c3ccc(F)cc3)c2c(=O)[nH]1. The van der Waals surface area contributed by atoms with Gasteiger partial charge in [0.2, 0.25) is 0 Å². The van der Waals surface area contributed by atoms with Gasteiger partial charge >= 0.3 is 5.69 Å². The predicted molar refractivity (Wildman–Crippen MR) is 67.0 cm³/mol. The maximum atomic E-state index is 12.9. The number of aromatic nitrogens is 4. The number of hydrogen-bond acceptors (Lipinski definition) is 3. The summed E-state index contributed by atoms with van der Waals surface area (Å²) in [5.74, 6) is -0.00970. The Kier molecular flexibility index (Phi) is 2.34. The van der Waals surface area contributed by atoms with Gasteiger partial charge in [-0.2, -0.15) is 0 Å². The van der Waals surface area contributed by atoms with Crippen molar-refractivity contribution in [2.45, 2.75) is 6.92 Å². The minimum absolute atomic E-state index is 0.113. The Hall–Kier alpha value is -2.70. The lowest BCUT2D eigenvalue weighted by Gasteiger charge is -2.02. The fraction of sp³-hybridized carbons (Fsp3) is 0.0833. The monoisotopic (exact) mass is 260 g/mol. The van der Waals surface area contributed by atoms with E-state index in [9.17, 15) is 14.0 Å². The molecule has 0 unspecified atom stereocenters. The van der Waals surface area contributed by atoms with Crippen LogP contribution in [0.25, 0.3) is 16.9 Å². The summed E-state index contributed by atoms with van der Waals surface area (Å²) >= 11 is 0. The third-order valence-corrected chi connectivity index (χ3v) is 2.75. The van der Waals surface area contributed by atoms with Crippen LogP contribution in [0.5, 0.6) is 0 Å². The van der Waals surface area contributed by atoms with Gasteiger partial charge in [-0.15, -0.1) is 0 Å². The Bertz CT molecular complexity index is 873. The minimum atomic E-state index is -0.495. The lowest BCUT2D eigenvalue weighted by Crippen LogP contribution is -2.19. The van der Waals surface area contributed by atoms with Crippen LogP contribution < -0.4 is 11.2 Å². The van der Waals surface area contributed by atoms with Crippen LogP contribution in [0.15, 0.2) is 33.9 Å². The molecule has 19 heavy (non-hydrogen) atoms. The van der Waals surface area contributed by atoms with E-state index in [0.717, 1.165) is 0 Å². The van der Waals surface area contributed by atoms with Gasteiger partial charge in [-0.25, -0.2) is 14.2 Å². The molecule has 0 atom stereocenters. The summed E-state index contributed by atoms with van der Waals surface area (Å²) in [5.41, 5.74) is -0.207. The van der Waals surface area contributed by atoms with Crippen LogP contribution in [0.3, 0.4) is 0 Å². The molecule has 3 rings (SSSR count). The lowest BCUT2D eigenvalue weighted by atomic mass is 10.3. The first-order valence-electron chi connectivity index (χ1n) is 5.54. The number of nitrogens with zero attached hydrogens (tertiary/aromatic N) is 2. The maximum Gasteiger partial charge on any atom is 0.332 e. The Morgan fingerprint density at radius 3 is 2.53 bits per heavy atom. The second kappa shape index (κ2) is 3.91. The summed E-state index contributed by atoms with van der Waals surface area (Å²) in [7, 11) is 0. The fourth-order valence-electron chi connectivity index (χ4n) is 1.97. The Balaban J connectivity index is 2.41. The van der Waals surface area contributed by atoms with Crippen molar-refractivity contribution >= 4 is 11.2 Å². The molecule has 1 aromatic carbocycles. The zero-order valence-electron chi connectivity index (χ0n) is 9.90. The number of fused-ring (bicyclic) bond motifs is 1. The summed E-state index contributed by atoms with van der Waals surface area (Å²) < 4.78 is 14.1. The van der Waals surface area contributed by atoms with E-state index >= 15 is 0 Å². The van der Waals surface area contributed by atoms with Crippen molar-refractivity contribution in [2.75, 3.05) is 0 Å². The number of halogens is 1. The quantitative estimate of drug-likeness (QED) is 0.680. The fourth-order valence-corrected chi connectivity index (χ4v) is 1.97. The molecule has 2 aromatic heterocycles. The van der Waals surface area contributed by atoms with Crippen LogP contribution in [0, 0.1) is 12.7 Å². The normalized spacial score (nSPS) is 11.1. The summed E-state index contributed by atoms with van der Waals surface area (Å²) in [6.07, 6.45) is 0. The van der Waals surface area contributed by atoms with Gasteiger partial charge in [-0.3, -0.25) is 14.3 Å². The number of imidazole rings is 1. The van der Waals surface area contributed by atoms with E-state index in [-0.39, 0.29) is 11.2 Å². The molecule has 2 N–H and O–H groups in total. The van der Waals surface area contributed by atoms with E-state index in [1.165, 1.54) is 28.8 Å². The lowest BCUT2D eigenvalue weighted by molar-refractivity contribution is 0.627. The van der Waals surface area contributed by atoms with Crippen LogP contribution in [0.2, 0.25) is 0 Å². The summed E-state index contributed by atoms with van der Waals surface area (Å²) in [4.78, 5) is 32.9. The third kappa shape index (κ3) is 1.75. The van der Waals surface area contributed by atoms with Crippen LogP contribution in [-0.4, -0.2) is 19.5 Å². The third-order valence-electron chi connectivity index (χ3n) is 2.75. The predicted octanol–water partition coefficient (Wildman–Crippen LogP) is 0.850. The smallest absolute Gasteiger partial charge is 0.309 e. The molecule has 0 spiro atoms. The van der Waals surface area contributed by atoms with Crippen molar-refractivity contribution in [1.82, 2.24) is 19.5 Å². The molecular formula is C12H9FN4O2. The average Bonchev–Trinajstić information content (AvgIpc) is 2.66. The number of aryl methyl sites for hydroxylation is 1. The minimum Gasteiger partial charge on any atom is -0.309 e. The first kappa shape index (κ1) is 11.4. The first-order valence-corrected chi connectivity index (χ1v) is 5.54. The zero-order valence-corrected chi connectivity index (χ0v) is 9.90. The Labute approximate surface area is 105 Å². The van der Waals surface area contributed by atoms with E-state index in [1.54, 1.807) is 6.92 Å².